The normalized spacial score (nSPS) is 16.8. The number of benzene rings is 2. The lowest BCUT2D eigenvalue weighted by atomic mass is 10.0. The number of ether oxygens (including phenoxy) is 2. The van der Waals surface area contributed by atoms with Gasteiger partial charge in [0.2, 0.25) is 0 Å². The van der Waals surface area contributed by atoms with Crippen LogP contribution in [0, 0.1) is 0 Å². The number of aromatic nitrogens is 1. The lowest BCUT2D eigenvalue weighted by Crippen LogP contribution is -2.31. The van der Waals surface area contributed by atoms with E-state index in [9.17, 15) is 4.79 Å². The molecule has 3 aromatic rings. The number of methoxy groups -OCH3 is 2. The zero-order valence-corrected chi connectivity index (χ0v) is 15.0. The molecule has 4 rings (SSSR count). The number of hydrogen-bond donors (Lipinski definition) is 1. The highest BCUT2D eigenvalue weighted by molar-refractivity contribution is 5.98. The molecule has 1 aliphatic heterocycles. The van der Waals surface area contributed by atoms with Crippen LogP contribution in [-0.2, 0) is 0 Å². The molecule has 1 amide bonds. The molecule has 5 heteroatoms. The van der Waals surface area contributed by atoms with Crippen molar-refractivity contribution in [3.63, 3.8) is 0 Å². The Kier molecular flexibility index (Phi) is 4.29. The van der Waals surface area contributed by atoms with Crippen molar-refractivity contribution in [1.29, 1.82) is 0 Å². The molecule has 0 bridgehead atoms. The third-order valence-electron chi connectivity index (χ3n) is 5.07. The van der Waals surface area contributed by atoms with Crippen LogP contribution in [0.2, 0.25) is 0 Å². The van der Waals surface area contributed by atoms with Gasteiger partial charge in [-0.2, -0.15) is 0 Å². The lowest BCUT2D eigenvalue weighted by molar-refractivity contribution is 0.0729. The average molecular weight is 350 g/mol. The number of nitrogens with zero attached hydrogens (tertiary/aromatic N) is 1. The summed E-state index contributed by atoms with van der Waals surface area (Å²) in [5.41, 5.74) is 2.63. The second-order valence-corrected chi connectivity index (χ2v) is 6.53. The summed E-state index contributed by atoms with van der Waals surface area (Å²) in [6.45, 7) is 0.744. The van der Waals surface area contributed by atoms with Crippen molar-refractivity contribution in [2.75, 3.05) is 20.8 Å². The number of H-pyrrole nitrogens is 1. The van der Waals surface area contributed by atoms with Gasteiger partial charge in [0.25, 0.3) is 5.91 Å². The number of nitrogens with one attached hydrogen (secondary N) is 1. The van der Waals surface area contributed by atoms with Crippen LogP contribution in [0.25, 0.3) is 10.9 Å². The van der Waals surface area contributed by atoms with Crippen LogP contribution in [0.1, 0.15) is 34.9 Å². The Morgan fingerprint density at radius 1 is 1.12 bits per heavy atom. The predicted molar refractivity (Wildman–Crippen MR) is 101 cm³/mol. The summed E-state index contributed by atoms with van der Waals surface area (Å²) < 4.78 is 10.8. The largest absolute Gasteiger partial charge is 0.497 e. The third-order valence-corrected chi connectivity index (χ3v) is 5.07. The summed E-state index contributed by atoms with van der Waals surface area (Å²) >= 11 is 0. The molecular weight excluding hydrogens is 328 g/mol. The number of rotatable bonds is 4. The molecule has 5 nitrogen and oxygen atoms in total. The quantitative estimate of drug-likeness (QED) is 0.769. The molecule has 0 spiro atoms. The first-order valence-corrected chi connectivity index (χ1v) is 8.82. The minimum atomic E-state index is 0.00904. The minimum absolute atomic E-state index is 0.00904. The summed E-state index contributed by atoms with van der Waals surface area (Å²) in [7, 11) is 3.28. The number of carbonyl (C=O) groups excluding carboxylic acids is 1. The van der Waals surface area contributed by atoms with Crippen LogP contribution in [0.4, 0.5) is 0 Å². The maximum absolute atomic E-state index is 13.2. The average Bonchev–Trinajstić information content (AvgIpc) is 3.33. The number of hydrogen-bond acceptors (Lipinski definition) is 3. The van der Waals surface area contributed by atoms with Gasteiger partial charge in [-0.15, -0.1) is 0 Å². The SMILES string of the molecule is COc1ccc([C@@H]2CCCN2C(=O)c2cc3ccccc3[nH]2)c(OC)c1. The highest BCUT2D eigenvalue weighted by Gasteiger charge is 2.33. The second-order valence-electron chi connectivity index (χ2n) is 6.53. The number of likely N-dealkylation sites (tertiary alicyclic amines) is 1. The van der Waals surface area contributed by atoms with E-state index in [1.165, 1.54) is 0 Å². The van der Waals surface area contributed by atoms with Gasteiger partial charge in [-0.1, -0.05) is 18.2 Å². The van der Waals surface area contributed by atoms with Gasteiger partial charge in [0, 0.05) is 29.1 Å². The third kappa shape index (κ3) is 2.79. The zero-order chi connectivity index (χ0) is 18.1. The molecule has 0 unspecified atom stereocenters. The first kappa shape index (κ1) is 16.5. The Morgan fingerprint density at radius 2 is 1.96 bits per heavy atom. The fraction of sp³-hybridized carbons (Fsp3) is 0.286. The van der Waals surface area contributed by atoms with Crippen molar-refractivity contribution in [2.45, 2.75) is 18.9 Å². The lowest BCUT2D eigenvalue weighted by Gasteiger charge is -2.26. The summed E-state index contributed by atoms with van der Waals surface area (Å²) in [5, 5.41) is 1.05. The Bertz CT molecular complexity index is 914. The first-order valence-electron chi connectivity index (χ1n) is 8.82. The summed E-state index contributed by atoms with van der Waals surface area (Å²) in [4.78, 5) is 18.3. The maximum Gasteiger partial charge on any atom is 0.270 e. The van der Waals surface area contributed by atoms with Gasteiger partial charge in [-0.25, -0.2) is 0 Å². The standard InChI is InChI=1S/C21H22N2O3/c1-25-15-9-10-16(20(13-15)26-2)19-8-5-11-23(19)21(24)18-12-14-6-3-4-7-17(14)22-18/h3-4,6-7,9-10,12-13,19,22H,5,8,11H2,1-2H3/t19-/m0/s1. The molecule has 1 saturated heterocycles. The smallest absolute Gasteiger partial charge is 0.270 e. The van der Waals surface area contributed by atoms with Crippen molar-refractivity contribution in [3.05, 3.63) is 59.8 Å². The minimum Gasteiger partial charge on any atom is -0.497 e. The van der Waals surface area contributed by atoms with Crippen LogP contribution in [0.3, 0.4) is 0 Å². The predicted octanol–water partition coefficient (Wildman–Crippen LogP) is 4.16. The van der Waals surface area contributed by atoms with Crippen molar-refractivity contribution < 1.29 is 14.3 Å². The van der Waals surface area contributed by atoms with Crippen molar-refractivity contribution in [3.8, 4) is 11.5 Å². The molecule has 0 saturated carbocycles. The first-order chi connectivity index (χ1) is 12.7. The van der Waals surface area contributed by atoms with E-state index >= 15 is 0 Å². The highest BCUT2D eigenvalue weighted by atomic mass is 16.5. The topological polar surface area (TPSA) is 54.6 Å². The van der Waals surface area contributed by atoms with Crippen LogP contribution in [0.5, 0.6) is 11.5 Å². The van der Waals surface area contributed by atoms with Crippen molar-refractivity contribution in [2.24, 2.45) is 0 Å². The number of fused-ring (bicyclic) bond motifs is 1. The molecule has 1 fully saturated rings. The van der Waals surface area contributed by atoms with E-state index in [0.29, 0.717) is 5.69 Å². The van der Waals surface area contributed by atoms with Crippen LogP contribution in [-0.4, -0.2) is 36.6 Å². The van der Waals surface area contributed by atoms with E-state index in [4.69, 9.17) is 9.47 Å². The molecule has 2 heterocycles. The number of para-hydroxylation sites is 1. The zero-order valence-electron chi connectivity index (χ0n) is 15.0. The van der Waals surface area contributed by atoms with E-state index in [1.807, 2.05) is 53.4 Å². The molecule has 2 aromatic carbocycles. The number of amides is 1. The van der Waals surface area contributed by atoms with E-state index in [0.717, 1.165) is 47.4 Å². The van der Waals surface area contributed by atoms with Gasteiger partial charge in [-0.05, 0) is 37.1 Å². The van der Waals surface area contributed by atoms with Gasteiger partial charge in [-0.3, -0.25) is 4.79 Å². The van der Waals surface area contributed by atoms with Crippen LogP contribution < -0.4 is 9.47 Å². The highest BCUT2D eigenvalue weighted by Crippen LogP contribution is 2.39. The van der Waals surface area contributed by atoms with Gasteiger partial charge in [0.15, 0.2) is 0 Å². The second kappa shape index (κ2) is 6.75. The molecule has 1 aliphatic rings. The van der Waals surface area contributed by atoms with E-state index in [1.54, 1.807) is 14.2 Å². The van der Waals surface area contributed by atoms with Gasteiger partial charge < -0.3 is 19.4 Å². The van der Waals surface area contributed by atoms with Crippen molar-refractivity contribution >= 4 is 16.8 Å². The molecule has 1 N–H and O–H groups in total. The van der Waals surface area contributed by atoms with E-state index in [-0.39, 0.29) is 11.9 Å². The Labute approximate surface area is 152 Å². The number of carbonyl (C=O) groups is 1. The Morgan fingerprint density at radius 3 is 2.73 bits per heavy atom. The van der Waals surface area contributed by atoms with Crippen molar-refractivity contribution in [1.82, 2.24) is 9.88 Å². The summed E-state index contributed by atoms with van der Waals surface area (Å²) in [6, 6.07) is 15.7. The summed E-state index contributed by atoms with van der Waals surface area (Å²) in [5.74, 6) is 1.53. The maximum atomic E-state index is 13.2. The molecule has 1 atom stereocenters. The fourth-order valence-corrected chi connectivity index (χ4v) is 3.77. The molecule has 1 aromatic heterocycles. The molecule has 134 valence electrons. The van der Waals surface area contributed by atoms with Gasteiger partial charge >= 0.3 is 0 Å². The fourth-order valence-electron chi connectivity index (χ4n) is 3.77. The molecule has 26 heavy (non-hydrogen) atoms. The van der Waals surface area contributed by atoms with Crippen LogP contribution >= 0.6 is 0 Å². The Hall–Kier alpha value is -2.95. The number of aromatic amines is 1. The molecular formula is C21H22N2O3. The molecule has 0 radical (unpaired) electrons. The van der Waals surface area contributed by atoms with Gasteiger partial charge in [0.1, 0.15) is 17.2 Å². The van der Waals surface area contributed by atoms with E-state index in [2.05, 4.69) is 4.98 Å². The monoisotopic (exact) mass is 350 g/mol. The molecule has 0 aliphatic carbocycles. The Balaban J connectivity index is 1.67. The van der Waals surface area contributed by atoms with Gasteiger partial charge in [0.05, 0.1) is 20.3 Å². The van der Waals surface area contributed by atoms with Crippen LogP contribution in [0.15, 0.2) is 48.5 Å². The summed E-state index contributed by atoms with van der Waals surface area (Å²) in [6.07, 6.45) is 1.90. The van der Waals surface area contributed by atoms with E-state index < -0.39 is 0 Å².